The topological polar surface area (TPSA) is 35.5 Å². The van der Waals surface area contributed by atoms with E-state index in [0.717, 1.165) is 11.5 Å². The number of aryl methyl sites for hydroxylation is 1. The number of carbonyl (C=O) groups excluding carboxylic acids is 1. The normalized spacial score (nSPS) is 10.1. The second-order valence-corrected chi connectivity index (χ2v) is 4.83. The predicted molar refractivity (Wildman–Crippen MR) is 71.6 cm³/mol. The van der Waals surface area contributed by atoms with E-state index >= 15 is 0 Å². The maximum absolute atomic E-state index is 11.4. The number of ether oxygens (including phenoxy) is 2. The number of carbonyl (C=O) groups is 1. The van der Waals surface area contributed by atoms with Gasteiger partial charge in [-0.25, -0.2) is 4.79 Å². The van der Waals surface area contributed by atoms with Gasteiger partial charge in [-0.3, -0.25) is 0 Å². The Kier molecular flexibility index (Phi) is 3.99. The molecule has 0 N–H and O–H groups in total. The van der Waals surface area contributed by atoms with Crippen LogP contribution in [0.25, 0.3) is 0 Å². The first-order chi connectivity index (χ1) is 8.72. The molecule has 0 aliphatic heterocycles. The van der Waals surface area contributed by atoms with Crippen LogP contribution >= 0.6 is 11.3 Å². The van der Waals surface area contributed by atoms with Gasteiger partial charge in [0.15, 0.2) is 5.06 Å². The summed E-state index contributed by atoms with van der Waals surface area (Å²) in [5.41, 5.74) is 0.488. The fourth-order valence-corrected chi connectivity index (χ4v) is 2.34. The highest BCUT2D eigenvalue weighted by Gasteiger charge is 2.07. The van der Waals surface area contributed by atoms with Crippen molar-refractivity contribution in [1.29, 1.82) is 0 Å². The summed E-state index contributed by atoms with van der Waals surface area (Å²) in [5, 5.41) is 0.828. The summed E-state index contributed by atoms with van der Waals surface area (Å²) in [7, 11) is 1.36. The minimum Gasteiger partial charge on any atom is -0.465 e. The molecule has 0 saturated heterocycles. The molecule has 0 fully saturated rings. The first-order valence-corrected chi connectivity index (χ1v) is 6.49. The summed E-state index contributed by atoms with van der Waals surface area (Å²) in [6, 6.07) is 11.0. The molecule has 0 aliphatic rings. The van der Waals surface area contributed by atoms with Crippen molar-refractivity contribution in [3.05, 3.63) is 46.8 Å². The van der Waals surface area contributed by atoms with Gasteiger partial charge in [0.25, 0.3) is 0 Å². The summed E-state index contributed by atoms with van der Waals surface area (Å²) < 4.78 is 10.4. The SMILES string of the molecule is CCc1ccc(Oc2cccc(C(=O)OC)c2)s1. The minimum atomic E-state index is -0.360. The van der Waals surface area contributed by atoms with E-state index in [2.05, 4.69) is 11.7 Å². The van der Waals surface area contributed by atoms with Crippen molar-refractivity contribution in [2.45, 2.75) is 13.3 Å². The third-order valence-electron chi connectivity index (χ3n) is 2.46. The van der Waals surface area contributed by atoms with Crippen molar-refractivity contribution in [3.8, 4) is 10.8 Å². The van der Waals surface area contributed by atoms with Gasteiger partial charge >= 0.3 is 5.97 Å². The second kappa shape index (κ2) is 5.69. The van der Waals surface area contributed by atoms with Gasteiger partial charge in [-0.15, -0.1) is 11.3 Å². The van der Waals surface area contributed by atoms with Crippen LogP contribution in [-0.4, -0.2) is 13.1 Å². The molecular weight excluding hydrogens is 248 g/mol. The van der Waals surface area contributed by atoms with Gasteiger partial charge < -0.3 is 9.47 Å². The molecule has 3 nitrogen and oxygen atoms in total. The van der Waals surface area contributed by atoms with Gasteiger partial charge in [0.05, 0.1) is 12.7 Å². The third kappa shape index (κ3) is 2.90. The van der Waals surface area contributed by atoms with Crippen molar-refractivity contribution in [2.24, 2.45) is 0 Å². The van der Waals surface area contributed by atoms with Gasteiger partial charge in [0.1, 0.15) is 5.75 Å². The molecule has 1 aromatic heterocycles. The van der Waals surface area contributed by atoms with E-state index in [1.54, 1.807) is 29.5 Å². The Labute approximate surface area is 110 Å². The van der Waals surface area contributed by atoms with Crippen LogP contribution in [0.3, 0.4) is 0 Å². The standard InChI is InChI=1S/C14H14O3S/c1-3-12-7-8-13(18-12)17-11-6-4-5-10(9-11)14(15)16-2/h4-9H,3H2,1-2H3. The Morgan fingerprint density at radius 1 is 1.28 bits per heavy atom. The molecule has 94 valence electrons. The first kappa shape index (κ1) is 12.6. The van der Waals surface area contributed by atoms with Gasteiger partial charge in [-0.2, -0.15) is 0 Å². The van der Waals surface area contributed by atoms with Crippen LogP contribution in [0.2, 0.25) is 0 Å². The molecule has 0 amide bonds. The maximum Gasteiger partial charge on any atom is 0.337 e. The number of rotatable bonds is 4. The summed E-state index contributed by atoms with van der Waals surface area (Å²) in [4.78, 5) is 12.7. The average Bonchev–Trinajstić information content (AvgIpc) is 2.86. The van der Waals surface area contributed by atoms with Crippen molar-refractivity contribution in [2.75, 3.05) is 7.11 Å². The summed E-state index contributed by atoms with van der Waals surface area (Å²) in [5.74, 6) is 0.281. The molecule has 18 heavy (non-hydrogen) atoms. The molecule has 0 unspecified atom stereocenters. The van der Waals surface area contributed by atoms with Crippen LogP contribution in [0.1, 0.15) is 22.2 Å². The number of hydrogen-bond acceptors (Lipinski definition) is 4. The lowest BCUT2D eigenvalue weighted by atomic mass is 10.2. The van der Waals surface area contributed by atoms with Crippen LogP contribution in [-0.2, 0) is 11.2 Å². The molecule has 0 saturated carbocycles. The Hall–Kier alpha value is -1.81. The summed E-state index contributed by atoms with van der Waals surface area (Å²) >= 11 is 1.61. The zero-order valence-corrected chi connectivity index (χ0v) is 11.1. The van der Waals surface area contributed by atoms with Crippen molar-refractivity contribution >= 4 is 17.3 Å². The lowest BCUT2D eigenvalue weighted by Crippen LogP contribution is -2.00. The molecule has 0 atom stereocenters. The molecule has 0 radical (unpaired) electrons. The number of benzene rings is 1. The molecular formula is C14H14O3S. The molecule has 1 aromatic carbocycles. The van der Waals surface area contributed by atoms with Crippen molar-refractivity contribution in [1.82, 2.24) is 0 Å². The van der Waals surface area contributed by atoms with E-state index in [1.165, 1.54) is 12.0 Å². The molecule has 0 bridgehead atoms. The lowest BCUT2D eigenvalue weighted by Gasteiger charge is -2.04. The van der Waals surface area contributed by atoms with Crippen molar-refractivity contribution < 1.29 is 14.3 Å². The molecule has 1 heterocycles. The van der Waals surface area contributed by atoms with Crippen LogP contribution in [0.4, 0.5) is 0 Å². The number of hydrogen-bond donors (Lipinski definition) is 0. The fourth-order valence-electron chi connectivity index (χ4n) is 1.52. The van der Waals surface area contributed by atoms with Gasteiger partial charge in [-0.05, 0) is 36.8 Å². The molecule has 0 aliphatic carbocycles. The highest BCUT2D eigenvalue weighted by Crippen LogP contribution is 2.30. The molecule has 4 heteroatoms. The zero-order chi connectivity index (χ0) is 13.0. The van der Waals surface area contributed by atoms with E-state index in [-0.39, 0.29) is 5.97 Å². The first-order valence-electron chi connectivity index (χ1n) is 5.68. The maximum atomic E-state index is 11.4. The highest BCUT2D eigenvalue weighted by molar-refractivity contribution is 7.13. The largest absolute Gasteiger partial charge is 0.465 e. The second-order valence-electron chi connectivity index (χ2n) is 3.70. The Bertz CT molecular complexity index is 545. The van der Waals surface area contributed by atoms with Crippen LogP contribution in [0.5, 0.6) is 10.8 Å². The number of methoxy groups -OCH3 is 1. The summed E-state index contributed by atoms with van der Waals surface area (Å²) in [6.07, 6.45) is 0.996. The van der Waals surface area contributed by atoms with E-state index in [1.807, 2.05) is 18.2 Å². The lowest BCUT2D eigenvalue weighted by molar-refractivity contribution is 0.0600. The van der Waals surface area contributed by atoms with Gasteiger partial charge in [-0.1, -0.05) is 13.0 Å². The van der Waals surface area contributed by atoms with E-state index in [9.17, 15) is 4.79 Å². The summed E-state index contributed by atoms with van der Waals surface area (Å²) in [6.45, 7) is 2.10. The fraction of sp³-hybridized carbons (Fsp3) is 0.214. The van der Waals surface area contributed by atoms with Crippen LogP contribution < -0.4 is 4.74 Å². The Morgan fingerprint density at radius 2 is 2.11 bits per heavy atom. The molecule has 2 aromatic rings. The monoisotopic (exact) mass is 262 g/mol. The number of esters is 1. The quantitative estimate of drug-likeness (QED) is 0.784. The third-order valence-corrected chi connectivity index (χ3v) is 3.57. The zero-order valence-electron chi connectivity index (χ0n) is 10.3. The average molecular weight is 262 g/mol. The van der Waals surface area contributed by atoms with E-state index < -0.39 is 0 Å². The van der Waals surface area contributed by atoms with E-state index in [4.69, 9.17) is 4.74 Å². The highest BCUT2D eigenvalue weighted by atomic mass is 32.1. The molecule has 2 rings (SSSR count). The van der Waals surface area contributed by atoms with E-state index in [0.29, 0.717) is 11.3 Å². The minimum absolute atomic E-state index is 0.360. The molecule has 0 spiro atoms. The smallest absolute Gasteiger partial charge is 0.337 e. The Morgan fingerprint density at radius 3 is 2.78 bits per heavy atom. The van der Waals surface area contributed by atoms with Gasteiger partial charge in [0, 0.05) is 4.88 Å². The van der Waals surface area contributed by atoms with Crippen molar-refractivity contribution in [3.63, 3.8) is 0 Å². The van der Waals surface area contributed by atoms with Gasteiger partial charge in [0.2, 0.25) is 0 Å². The Balaban J connectivity index is 2.16. The van der Waals surface area contributed by atoms with Crippen LogP contribution in [0, 0.1) is 0 Å². The predicted octanol–water partition coefficient (Wildman–Crippen LogP) is 3.89. The van der Waals surface area contributed by atoms with Crippen LogP contribution in [0.15, 0.2) is 36.4 Å². The number of thiophene rings is 1.